The molecule has 1 atom stereocenters. The van der Waals surface area contributed by atoms with Crippen LogP contribution in [0.4, 0.5) is 0 Å². The molecule has 2 nitrogen and oxygen atoms in total. The molecule has 0 amide bonds. The summed E-state index contributed by atoms with van der Waals surface area (Å²) in [6.07, 6.45) is 1.35. The lowest BCUT2D eigenvalue weighted by Crippen LogP contribution is -2.00. The van der Waals surface area contributed by atoms with Crippen LogP contribution in [0.5, 0.6) is 0 Å². The van der Waals surface area contributed by atoms with Crippen molar-refractivity contribution in [3.05, 3.63) is 35.4 Å². The molecule has 0 saturated heterocycles. The first-order valence-corrected chi connectivity index (χ1v) is 4.74. The van der Waals surface area contributed by atoms with E-state index in [9.17, 15) is 0 Å². The van der Waals surface area contributed by atoms with Gasteiger partial charge in [0.1, 0.15) is 0 Å². The van der Waals surface area contributed by atoms with Crippen molar-refractivity contribution in [2.75, 3.05) is 7.11 Å². The molecule has 1 aromatic carbocycles. The van der Waals surface area contributed by atoms with Gasteiger partial charge < -0.3 is 4.74 Å². The van der Waals surface area contributed by atoms with E-state index in [0.717, 1.165) is 12.0 Å². The van der Waals surface area contributed by atoms with E-state index in [4.69, 9.17) is 10.00 Å². The number of ether oxygens (including phenoxy) is 1. The van der Waals surface area contributed by atoms with Gasteiger partial charge in [0.05, 0.1) is 12.2 Å². The quantitative estimate of drug-likeness (QED) is 0.729. The van der Waals surface area contributed by atoms with E-state index in [0.29, 0.717) is 6.42 Å². The summed E-state index contributed by atoms with van der Waals surface area (Å²) in [6, 6.07) is 10.4. The van der Waals surface area contributed by atoms with Gasteiger partial charge in [-0.25, -0.2) is 0 Å². The van der Waals surface area contributed by atoms with Crippen LogP contribution in [0.1, 0.15) is 30.1 Å². The molecule has 0 aliphatic carbocycles. The first-order chi connectivity index (χ1) is 6.77. The lowest BCUT2D eigenvalue weighted by atomic mass is 10.0. The fourth-order valence-electron chi connectivity index (χ4n) is 1.40. The number of methoxy groups -OCH3 is 1. The summed E-state index contributed by atoms with van der Waals surface area (Å²) in [5.41, 5.74) is 2.39. The lowest BCUT2D eigenvalue weighted by molar-refractivity contribution is 0.0969. The minimum absolute atomic E-state index is 0.0512. The van der Waals surface area contributed by atoms with E-state index in [1.807, 2.05) is 0 Å². The van der Waals surface area contributed by atoms with E-state index in [1.54, 1.807) is 7.11 Å². The van der Waals surface area contributed by atoms with Crippen molar-refractivity contribution in [2.24, 2.45) is 0 Å². The van der Waals surface area contributed by atoms with Gasteiger partial charge in [0.2, 0.25) is 0 Å². The second-order valence-electron chi connectivity index (χ2n) is 3.33. The van der Waals surface area contributed by atoms with Crippen LogP contribution >= 0.6 is 0 Å². The van der Waals surface area contributed by atoms with Crippen molar-refractivity contribution in [3.63, 3.8) is 0 Å². The molecule has 0 aliphatic heterocycles. The Labute approximate surface area is 85.1 Å². The minimum Gasteiger partial charge on any atom is -0.377 e. The Kier molecular flexibility index (Phi) is 4.15. The highest BCUT2D eigenvalue weighted by Gasteiger charge is 2.08. The van der Waals surface area contributed by atoms with Gasteiger partial charge in [-0.1, -0.05) is 29.8 Å². The van der Waals surface area contributed by atoms with Crippen LogP contribution in [-0.4, -0.2) is 7.11 Å². The summed E-state index contributed by atoms with van der Waals surface area (Å²) in [4.78, 5) is 0. The molecule has 0 bridgehead atoms. The van der Waals surface area contributed by atoms with E-state index in [1.165, 1.54) is 5.56 Å². The van der Waals surface area contributed by atoms with Crippen LogP contribution in [0, 0.1) is 18.3 Å². The second-order valence-corrected chi connectivity index (χ2v) is 3.33. The van der Waals surface area contributed by atoms with Crippen LogP contribution in [0.25, 0.3) is 0 Å². The average molecular weight is 189 g/mol. The van der Waals surface area contributed by atoms with Crippen molar-refractivity contribution >= 4 is 0 Å². The Morgan fingerprint density at radius 3 is 2.50 bits per heavy atom. The Morgan fingerprint density at radius 2 is 2.00 bits per heavy atom. The molecule has 0 radical (unpaired) electrons. The molecule has 2 heteroatoms. The van der Waals surface area contributed by atoms with E-state index >= 15 is 0 Å². The SMILES string of the molecule is CO[C@@H](CCC#N)c1ccc(C)cc1. The largest absolute Gasteiger partial charge is 0.377 e. The standard InChI is InChI=1S/C12H15NO/c1-10-5-7-11(8-6-10)12(14-2)4-3-9-13/h5-8,12H,3-4H2,1-2H3/t12-/m0/s1. The summed E-state index contributed by atoms with van der Waals surface area (Å²) in [5, 5.41) is 8.50. The van der Waals surface area contributed by atoms with Crippen molar-refractivity contribution in [2.45, 2.75) is 25.9 Å². The number of hydrogen-bond donors (Lipinski definition) is 0. The minimum atomic E-state index is 0.0512. The highest BCUT2D eigenvalue weighted by molar-refractivity contribution is 5.23. The Hall–Kier alpha value is -1.33. The van der Waals surface area contributed by atoms with Gasteiger partial charge in [-0.15, -0.1) is 0 Å². The topological polar surface area (TPSA) is 33.0 Å². The molecule has 0 N–H and O–H groups in total. The molecule has 14 heavy (non-hydrogen) atoms. The van der Waals surface area contributed by atoms with Crippen LogP contribution < -0.4 is 0 Å². The molecule has 0 heterocycles. The summed E-state index contributed by atoms with van der Waals surface area (Å²) in [7, 11) is 1.68. The molecule has 0 spiro atoms. The fourth-order valence-corrected chi connectivity index (χ4v) is 1.40. The van der Waals surface area contributed by atoms with Gasteiger partial charge in [0.15, 0.2) is 0 Å². The molecule has 1 rings (SSSR count). The van der Waals surface area contributed by atoms with Gasteiger partial charge >= 0.3 is 0 Å². The van der Waals surface area contributed by atoms with Crippen LogP contribution in [0.15, 0.2) is 24.3 Å². The number of hydrogen-bond acceptors (Lipinski definition) is 2. The van der Waals surface area contributed by atoms with Crippen molar-refractivity contribution in [3.8, 4) is 6.07 Å². The van der Waals surface area contributed by atoms with E-state index < -0.39 is 0 Å². The molecule has 0 fully saturated rings. The molecule has 0 unspecified atom stereocenters. The zero-order chi connectivity index (χ0) is 10.4. The van der Waals surface area contributed by atoms with Gasteiger partial charge in [-0.3, -0.25) is 0 Å². The number of nitrogens with zero attached hydrogens (tertiary/aromatic N) is 1. The smallest absolute Gasteiger partial charge is 0.0831 e. The Morgan fingerprint density at radius 1 is 1.36 bits per heavy atom. The predicted molar refractivity (Wildman–Crippen MR) is 55.8 cm³/mol. The zero-order valence-corrected chi connectivity index (χ0v) is 8.66. The number of aryl methyl sites for hydroxylation is 1. The normalized spacial score (nSPS) is 12.1. The van der Waals surface area contributed by atoms with E-state index in [-0.39, 0.29) is 6.10 Å². The summed E-state index contributed by atoms with van der Waals surface area (Å²) >= 11 is 0. The highest BCUT2D eigenvalue weighted by Crippen LogP contribution is 2.21. The van der Waals surface area contributed by atoms with Gasteiger partial charge in [-0.05, 0) is 18.9 Å². The first-order valence-electron chi connectivity index (χ1n) is 4.74. The molecule has 0 aromatic heterocycles. The van der Waals surface area contributed by atoms with Crippen LogP contribution in [0.2, 0.25) is 0 Å². The second kappa shape index (κ2) is 5.41. The van der Waals surface area contributed by atoms with E-state index in [2.05, 4.69) is 37.3 Å². The summed E-state index contributed by atoms with van der Waals surface area (Å²) in [5.74, 6) is 0. The molecule has 0 aliphatic rings. The molecular formula is C12H15NO. The van der Waals surface area contributed by atoms with Crippen molar-refractivity contribution in [1.82, 2.24) is 0 Å². The van der Waals surface area contributed by atoms with Gasteiger partial charge in [0.25, 0.3) is 0 Å². The van der Waals surface area contributed by atoms with Crippen molar-refractivity contribution in [1.29, 1.82) is 5.26 Å². The summed E-state index contributed by atoms with van der Waals surface area (Å²) < 4.78 is 5.33. The van der Waals surface area contributed by atoms with Gasteiger partial charge in [0, 0.05) is 13.5 Å². The third kappa shape index (κ3) is 2.86. The lowest BCUT2D eigenvalue weighted by Gasteiger charge is -2.14. The summed E-state index contributed by atoms with van der Waals surface area (Å²) in [6.45, 7) is 2.06. The first kappa shape index (κ1) is 10.7. The number of benzene rings is 1. The maximum Gasteiger partial charge on any atom is 0.0831 e. The Balaban J connectivity index is 2.69. The third-order valence-corrected chi connectivity index (χ3v) is 2.25. The zero-order valence-electron chi connectivity index (χ0n) is 8.66. The highest BCUT2D eigenvalue weighted by atomic mass is 16.5. The van der Waals surface area contributed by atoms with Gasteiger partial charge in [-0.2, -0.15) is 5.26 Å². The fraction of sp³-hybridized carbons (Fsp3) is 0.417. The maximum atomic E-state index is 8.50. The predicted octanol–water partition coefficient (Wildman–Crippen LogP) is 2.99. The Bertz CT molecular complexity index is 310. The molecule has 1 aromatic rings. The monoisotopic (exact) mass is 189 g/mol. The molecule has 74 valence electrons. The average Bonchev–Trinajstić information content (AvgIpc) is 2.21. The third-order valence-electron chi connectivity index (χ3n) is 2.25. The van der Waals surface area contributed by atoms with Crippen LogP contribution in [-0.2, 0) is 4.74 Å². The number of nitriles is 1. The maximum absolute atomic E-state index is 8.50. The molecule has 0 saturated carbocycles. The van der Waals surface area contributed by atoms with Crippen molar-refractivity contribution < 1.29 is 4.74 Å². The van der Waals surface area contributed by atoms with Crippen LogP contribution in [0.3, 0.4) is 0 Å². The number of rotatable bonds is 4. The molecular weight excluding hydrogens is 174 g/mol.